The summed E-state index contributed by atoms with van der Waals surface area (Å²) in [6.07, 6.45) is 2.12. The van der Waals surface area contributed by atoms with Gasteiger partial charge in [0.15, 0.2) is 5.17 Å². The zero-order valence-electron chi connectivity index (χ0n) is 14.7. The molecule has 0 spiro atoms. The summed E-state index contributed by atoms with van der Waals surface area (Å²) in [5.74, 6) is 0.579. The van der Waals surface area contributed by atoms with Crippen LogP contribution in [0.15, 0.2) is 58.7 Å². The average molecular weight is 367 g/mol. The second-order valence-electron chi connectivity index (χ2n) is 6.40. The van der Waals surface area contributed by atoms with Crippen LogP contribution in [-0.2, 0) is 11.2 Å². The normalized spacial score (nSPS) is 18.8. The predicted molar refractivity (Wildman–Crippen MR) is 107 cm³/mol. The van der Waals surface area contributed by atoms with Crippen LogP contribution < -0.4 is 5.32 Å². The standard InChI is InChI=1S/C20H21N3O2S/c1-13(2)15-9-7-14(8-10-15)11-18-19(25)22-20(26-18)23-21-12-16-5-3-4-6-17(16)24/h3-10,12-13,18,24H,11H2,1-2H3,(H,22,23,25)/b21-12-/t18-/m0/s1. The Bertz CT molecular complexity index is 844. The molecule has 5 nitrogen and oxygen atoms in total. The van der Waals surface area contributed by atoms with Gasteiger partial charge in [0.05, 0.1) is 11.5 Å². The summed E-state index contributed by atoms with van der Waals surface area (Å²) in [4.78, 5) is 12.1. The van der Waals surface area contributed by atoms with E-state index in [4.69, 9.17) is 0 Å². The van der Waals surface area contributed by atoms with Gasteiger partial charge in [0.2, 0.25) is 5.91 Å². The maximum absolute atomic E-state index is 12.1. The van der Waals surface area contributed by atoms with Crippen LogP contribution in [0.2, 0.25) is 0 Å². The van der Waals surface area contributed by atoms with E-state index in [1.807, 2.05) is 0 Å². The van der Waals surface area contributed by atoms with Gasteiger partial charge in [-0.2, -0.15) is 5.10 Å². The fourth-order valence-electron chi connectivity index (χ4n) is 2.58. The molecule has 1 amide bonds. The van der Waals surface area contributed by atoms with Crippen molar-refractivity contribution in [1.29, 1.82) is 0 Å². The first-order valence-corrected chi connectivity index (χ1v) is 9.36. The number of rotatable bonds is 5. The van der Waals surface area contributed by atoms with Crippen LogP contribution >= 0.6 is 11.8 Å². The lowest BCUT2D eigenvalue weighted by molar-refractivity contribution is -0.118. The second kappa shape index (κ2) is 8.19. The fraction of sp³-hybridized carbons (Fsp3) is 0.250. The third-order valence-electron chi connectivity index (χ3n) is 4.13. The highest BCUT2D eigenvalue weighted by molar-refractivity contribution is 8.15. The molecule has 2 N–H and O–H groups in total. The molecule has 1 aliphatic rings. The van der Waals surface area contributed by atoms with E-state index >= 15 is 0 Å². The van der Waals surface area contributed by atoms with Gasteiger partial charge in [0.25, 0.3) is 0 Å². The third-order valence-corrected chi connectivity index (χ3v) is 5.20. The minimum Gasteiger partial charge on any atom is -0.507 e. The van der Waals surface area contributed by atoms with Crippen LogP contribution in [0.3, 0.4) is 0 Å². The van der Waals surface area contributed by atoms with Crippen LogP contribution in [-0.4, -0.2) is 27.6 Å². The molecule has 1 aliphatic heterocycles. The van der Waals surface area contributed by atoms with Crippen molar-refractivity contribution < 1.29 is 9.90 Å². The molecule has 1 fully saturated rings. The molecule has 3 rings (SSSR count). The zero-order chi connectivity index (χ0) is 18.5. The van der Waals surface area contributed by atoms with Crippen LogP contribution in [0.25, 0.3) is 0 Å². The minimum atomic E-state index is -0.209. The Morgan fingerprint density at radius 1 is 1.19 bits per heavy atom. The number of nitrogens with one attached hydrogen (secondary N) is 1. The number of hydrogen-bond donors (Lipinski definition) is 2. The lowest BCUT2D eigenvalue weighted by Crippen LogP contribution is -2.25. The highest BCUT2D eigenvalue weighted by Crippen LogP contribution is 2.24. The molecule has 0 bridgehead atoms. The van der Waals surface area contributed by atoms with Crippen LogP contribution in [0.4, 0.5) is 0 Å². The topological polar surface area (TPSA) is 74.1 Å². The van der Waals surface area contributed by atoms with Crippen molar-refractivity contribution in [2.45, 2.75) is 31.4 Å². The number of amides is 1. The highest BCUT2D eigenvalue weighted by Gasteiger charge is 2.30. The smallest absolute Gasteiger partial charge is 0.239 e. The van der Waals surface area contributed by atoms with Gasteiger partial charge in [0.1, 0.15) is 5.75 Å². The second-order valence-corrected chi connectivity index (χ2v) is 7.60. The van der Waals surface area contributed by atoms with Crippen LogP contribution in [0, 0.1) is 0 Å². The summed E-state index contributed by atoms with van der Waals surface area (Å²) in [5.41, 5.74) is 2.99. The molecule has 2 aromatic rings. The molecule has 0 aliphatic carbocycles. The zero-order valence-corrected chi connectivity index (χ0v) is 15.5. The third kappa shape index (κ3) is 4.52. The molecular weight excluding hydrogens is 346 g/mol. The predicted octanol–water partition coefficient (Wildman–Crippen LogP) is 3.68. The van der Waals surface area contributed by atoms with Gasteiger partial charge in [-0.1, -0.05) is 62.0 Å². The number of para-hydroxylation sites is 1. The Kier molecular flexibility index (Phi) is 5.73. The summed E-state index contributed by atoms with van der Waals surface area (Å²) < 4.78 is 0. The molecule has 0 unspecified atom stereocenters. The molecular formula is C20H21N3O2S. The summed E-state index contributed by atoms with van der Waals surface area (Å²) in [7, 11) is 0. The first kappa shape index (κ1) is 18.2. The van der Waals surface area contributed by atoms with Crippen molar-refractivity contribution in [3.05, 3.63) is 65.2 Å². The Labute approximate surface area is 157 Å². The number of carbonyl (C=O) groups excluding carboxylic acids is 1. The summed E-state index contributed by atoms with van der Waals surface area (Å²) in [5, 5.41) is 20.7. The molecule has 134 valence electrons. The molecule has 1 heterocycles. The van der Waals surface area contributed by atoms with Gasteiger partial charge < -0.3 is 10.4 Å². The monoisotopic (exact) mass is 367 g/mol. The van der Waals surface area contributed by atoms with Gasteiger partial charge in [0, 0.05) is 5.56 Å². The maximum atomic E-state index is 12.1. The minimum absolute atomic E-state index is 0.0561. The quantitative estimate of drug-likeness (QED) is 0.625. The Hall–Kier alpha value is -2.60. The molecule has 2 aromatic carbocycles. The summed E-state index contributed by atoms with van der Waals surface area (Å²) >= 11 is 1.38. The van der Waals surface area contributed by atoms with Gasteiger partial charge >= 0.3 is 0 Å². The number of hydrogen-bond acceptors (Lipinski definition) is 5. The van der Waals surface area contributed by atoms with Gasteiger partial charge in [-0.3, -0.25) is 4.79 Å². The van der Waals surface area contributed by atoms with E-state index < -0.39 is 0 Å². The Morgan fingerprint density at radius 2 is 1.92 bits per heavy atom. The maximum Gasteiger partial charge on any atom is 0.239 e. The highest BCUT2D eigenvalue weighted by atomic mass is 32.2. The molecule has 1 saturated heterocycles. The molecule has 0 radical (unpaired) electrons. The van der Waals surface area contributed by atoms with Crippen molar-refractivity contribution in [2.75, 3.05) is 0 Å². The van der Waals surface area contributed by atoms with E-state index in [0.717, 1.165) is 5.56 Å². The Balaban J connectivity index is 1.62. The number of phenolic OH excluding ortho intramolecular Hbond substituents is 1. The SMILES string of the molecule is CC(C)c1ccc(C[C@@H]2S/C(=N/N=C\c3ccccc3O)NC2=O)cc1. The first-order chi connectivity index (χ1) is 12.5. The number of carbonyl (C=O) groups is 1. The van der Waals surface area contributed by atoms with Crippen molar-refractivity contribution in [3.8, 4) is 5.75 Å². The number of aromatic hydroxyl groups is 1. The van der Waals surface area contributed by atoms with E-state index in [0.29, 0.717) is 23.1 Å². The van der Waals surface area contributed by atoms with E-state index in [1.54, 1.807) is 24.3 Å². The lowest BCUT2D eigenvalue weighted by atomic mass is 10.0. The number of amidine groups is 1. The van der Waals surface area contributed by atoms with Crippen LogP contribution in [0.5, 0.6) is 5.75 Å². The molecule has 1 atom stereocenters. The number of nitrogens with zero attached hydrogens (tertiary/aromatic N) is 2. The molecule has 6 heteroatoms. The molecule has 26 heavy (non-hydrogen) atoms. The van der Waals surface area contributed by atoms with Gasteiger partial charge in [-0.05, 0) is 35.6 Å². The van der Waals surface area contributed by atoms with Crippen molar-refractivity contribution >= 4 is 29.1 Å². The van der Waals surface area contributed by atoms with Crippen molar-refractivity contribution in [2.24, 2.45) is 10.2 Å². The fourth-order valence-corrected chi connectivity index (χ4v) is 3.54. The summed E-state index contributed by atoms with van der Waals surface area (Å²) in [6, 6.07) is 15.3. The average Bonchev–Trinajstić information content (AvgIpc) is 2.96. The lowest BCUT2D eigenvalue weighted by Gasteiger charge is -2.08. The molecule has 0 aromatic heterocycles. The van der Waals surface area contributed by atoms with E-state index in [1.165, 1.54) is 23.5 Å². The van der Waals surface area contributed by atoms with Gasteiger partial charge in [-0.25, -0.2) is 0 Å². The first-order valence-electron chi connectivity index (χ1n) is 8.48. The van der Waals surface area contributed by atoms with E-state index in [-0.39, 0.29) is 16.9 Å². The van der Waals surface area contributed by atoms with Gasteiger partial charge in [-0.15, -0.1) is 5.10 Å². The van der Waals surface area contributed by atoms with E-state index in [2.05, 4.69) is 53.6 Å². The van der Waals surface area contributed by atoms with Crippen molar-refractivity contribution in [1.82, 2.24) is 5.32 Å². The largest absolute Gasteiger partial charge is 0.507 e. The molecule has 0 saturated carbocycles. The van der Waals surface area contributed by atoms with Crippen LogP contribution in [0.1, 0.15) is 36.5 Å². The van der Waals surface area contributed by atoms with Crippen molar-refractivity contribution in [3.63, 3.8) is 0 Å². The Morgan fingerprint density at radius 3 is 2.62 bits per heavy atom. The number of phenols is 1. The number of thioether (sulfide) groups is 1. The number of benzene rings is 2. The van der Waals surface area contributed by atoms with E-state index in [9.17, 15) is 9.90 Å². The summed E-state index contributed by atoms with van der Waals surface area (Å²) in [6.45, 7) is 4.32.